The summed E-state index contributed by atoms with van der Waals surface area (Å²) in [6.07, 6.45) is 1.10. The molecule has 0 fully saturated rings. The lowest BCUT2D eigenvalue weighted by Crippen LogP contribution is -2.49. The highest BCUT2D eigenvalue weighted by molar-refractivity contribution is 6.02. The van der Waals surface area contributed by atoms with Crippen LogP contribution in [-0.4, -0.2) is 26.0 Å². The zero-order chi connectivity index (χ0) is 14.8. The lowest BCUT2D eigenvalue weighted by atomic mass is 9.82. The topological polar surface area (TPSA) is 47.3 Å². The zero-order valence-corrected chi connectivity index (χ0v) is 12.4. The number of amides is 1. The Kier molecular flexibility index (Phi) is 3.99. The van der Waals surface area contributed by atoms with Crippen molar-refractivity contribution in [3.05, 3.63) is 24.3 Å². The Morgan fingerprint density at radius 3 is 2.40 bits per heavy atom. The Morgan fingerprint density at radius 1 is 1.25 bits per heavy atom. The van der Waals surface area contributed by atoms with Crippen LogP contribution in [0.3, 0.4) is 0 Å². The second-order valence-corrected chi connectivity index (χ2v) is 5.27. The van der Waals surface area contributed by atoms with Crippen LogP contribution < -0.4 is 9.80 Å². The molecule has 1 aliphatic heterocycles. The molecule has 0 spiro atoms. The first-order chi connectivity index (χ1) is 9.59. The van der Waals surface area contributed by atoms with Crippen molar-refractivity contribution < 1.29 is 4.79 Å². The van der Waals surface area contributed by atoms with Crippen LogP contribution in [0, 0.1) is 16.7 Å². The molecule has 0 unspecified atom stereocenters. The Morgan fingerprint density at radius 2 is 1.85 bits per heavy atom. The highest BCUT2D eigenvalue weighted by atomic mass is 16.2. The summed E-state index contributed by atoms with van der Waals surface area (Å²) in [6.45, 7) is 5.24. The number of nitrogens with zero attached hydrogens (tertiary/aromatic N) is 3. The molecule has 0 N–H and O–H groups in total. The molecule has 0 radical (unpaired) electrons. The van der Waals surface area contributed by atoms with Gasteiger partial charge in [0.15, 0.2) is 0 Å². The van der Waals surface area contributed by atoms with Crippen molar-refractivity contribution in [3.63, 3.8) is 0 Å². The van der Waals surface area contributed by atoms with Crippen molar-refractivity contribution in [2.45, 2.75) is 26.7 Å². The summed E-state index contributed by atoms with van der Waals surface area (Å²) < 4.78 is 0. The number of carbonyl (C=O) groups excluding carboxylic acids is 1. The summed E-state index contributed by atoms with van der Waals surface area (Å²) in [5.41, 5.74) is 1.06. The Hall–Kier alpha value is -2.02. The van der Waals surface area contributed by atoms with Crippen LogP contribution in [0.2, 0.25) is 0 Å². The molecule has 106 valence electrons. The van der Waals surface area contributed by atoms with Crippen molar-refractivity contribution >= 4 is 17.3 Å². The summed E-state index contributed by atoms with van der Waals surface area (Å²) in [5.74, 6) is -0.0643. The standard InChI is InChI=1S/C16H21N3O/c1-4-16(5-2,12-17)15(20)19-11-10-18(3)13-8-6-7-9-14(13)19/h6-9H,4-5,10-11H2,1-3H3. The third kappa shape index (κ3) is 2.14. The van der Waals surface area contributed by atoms with E-state index in [0.717, 1.165) is 17.9 Å². The lowest BCUT2D eigenvalue weighted by molar-refractivity contribution is -0.125. The van der Waals surface area contributed by atoms with Gasteiger partial charge in [0.1, 0.15) is 5.41 Å². The molecular formula is C16H21N3O. The van der Waals surface area contributed by atoms with Crippen LogP contribution in [0.5, 0.6) is 0 Å². The zero-order valence-electron chi connectivity index (χ0n) is 12.4. The van der Waals surface area contributed by atoms with Gasteiger partial charge in [0.05, 0.1) is 17.4 Å². The van der Waals surface area contributed by atoms with E-state index in [4.69, 9.17) is 0 Å². The fraction of sp³-hybridized carbons (Fsp3) is 0.500. The first-order valence-electron chi connectivity index (χ1n) is 7.13. The van der Waals surface area contributed by atoms with Gasteiger partial charge in [0.2, 0.25) is 5.91 Å². The second-order valence-electron chi connectivity index (χ2n) is 5.27. The molecular weight excluding hydrogens is 250 g/mol. The maximum Gasteiger partial charge on any atom is 0.247 e. The van der Waals surface area contributed by atoms with Gasteiger partial charge in [-0.25, -0.2) is 0 Å². The molecule has 0 atom stereocenters. The molecule has 0 aliphatic carbocycles. The number of likely N-dealkylation sites (N-methyl/N-ethyl adjacent to an activating group) is 1. The molecule has 20 heavy (non-hydrogen) atoms. The molecule has 0 bridgehead atoms. The summed E-state index contributed by atoms with van der Waals surface area (Å²) in [5, 5.41) is 9.47. The highest BCUT2D eigenvalue weighted by Gasteiger charge is 2.40. The number of para-hydroxylation sites is 2. The first kappa shape index (κ1) is 14.4. The molecule has 0 aromatic heterocycles. The van der Waals surface area contributed by atoms with Gasteiger partial charge in [-0.05, 0) is 25.0 Å². The minimum Gasteiger partial charge on any atom is -0.371 e. The van der Waals surface area contributed by atoms with Gasteiger partial charge in [-0.15, -0.1) is 0 Å². The Balaban J connectivity index is 2.43. The average molecular weight is 271 g/mol. The van der Waals surface area contributed by atoms with Gasteiger partial charge in [-0.3, -0.25) is 4.79 Å². The van der Waals surface area contributed by atoms with E-state index >= 15 is 0 Å². The van der Waals surface area contributed by atoms with E-state index in [1.165, 1.54) is 0 Å². The van der Waals surface area contributed by atoms with Crippen molar-refractivity contribution in [1.82, 2.24) is 0 Å². The van der Waals surface area contributed by atoms with Crippen molar-refractivity contribution in [1.29, 1.82) is 5.26 Å². The van der Waals surface area contributed by atoms with Gasteiger partial charge in [-0.2, -0.15) is 5.26 Å². The number of fused-ring (bicyclic) bond motifs is 1. The lowest BCUT2D eigenvalue weighted by Gasteiger charge is -2.38. The van der Waals surface area contributed by atoms with Crippen LogP contribution in [0.4, 0.5) is 11.4 Å². The van der Waals surface area contributed by atoms with E-state index in [2.05, 4.69) is 11.0 Å². The Bertz CT molecular complexity index is 543. The van der Waals surface area contributed by atoms with E-state index in [1.807, 2.05) is 45.2 Å². The van der Waals surface area contributed by atoms with E-state index in [9.17, 15) is 10.1 Å². The number of anilines is 2. The van der Waals surface area contributed by atoms with Gasteiger partial charge >= 0.3 is 0 Å². The molecule has 4 heteroatoms. The number of rotatable bonds is 3. The predicted molar refractivity (Wildman–Crippen MR) is 80.7 cm³/mol. The third-order valence-corrected chi connectivity index (χ3v) is 4.32. The number of benzene rings is 1. The average Bonchev–Trinajstić information content (AvgIpc) is 2.50. The van der Waals surface area contributed by atoms with Crippen molar-refractivity contribution in [2.24, 2.45) is 5.41 Å². The molecule has 1 aliphatic rings. The smallest absolute Gasteiger partial charge is 0.247 e. The molecule has 4 nitrogen and oxygen atoms in total. The fourth-order valence-corrected chi connectivity index (χ4v) is 2.73. The van der Waals surface area contributed by atoms with E-state index in [-0.39, 0.29) is 5.91 Å². The largest absolute Gasteiger partial charge is 0.371 e. The van der Waals surface area contributed by atoms with E-state index in [1.54, 1.807) is 4.90 Å². The van der Waals surface area contributed by atoms with Crippen LogP contribution in [0.15, 0.2) is 24.3 Å². The third-order valence-electron chi connectivity index (χ3n) is 4.32. The summed E-state index contributed by atoms with van der Waals surface area (Å²) >= 11 is 0. The van der Waals surface area contributed by atoms with Gasteiger partial charge in [0.25, 0.3) is 0 Å². The van der Waals surface area contributed by atoms with Crippen LogP contribution >= 0.6 is 0 Å². The number of hydrogen-bond donors (Lipinski definition) is 0. The molecule has 1 heterocycles. The highest BCUT2D eigenvalue weighted by Crippen LogP contribution is 2.36. The normalized spacial score (nSPS) is 14.7. The predicted octanol–water partition coefficient (Wildman–Crippen LogP) is 2.80. The Labute approximate surface area is 120 Å². The molecule has 1 aromatic carbocycles. The minimum atomic E-state index is -0.900. The van der Waals surface area contributed by atoms with E-state index < -0.39 is 5.41 Å². The molecule has 2 rings (SSSR count). The van der Waals surface area contributed by atoms with E-state index in [0.29, 0.717) is 19.4 Å². The van der Waals surface area contributed by atoms with Crippen molar-refractivity contribution in [3.8, 4) is 6.07 Å². The maximum absolute atomic E-state index is 12.9. The van der Waals surface area contributed by atoms with Gasteiger partial charge in [-0.1, -0.05) is 26.0 Å². The second kappa shape index (κ2) is 5.54. The van der Waals surface area contributed by atoms with Crippen LogP contribution in [0.1, 0.15) is 26.7 Å². The van der Waals surface area contributed by atoms with Crippen molar-refractivity contribution in [2.75, 3.05) is 29.9 Å². The first-order valence-corrected chi connectivity index (χ1v) is 7.13. The molecule has 1 aromatic rings. The maximum atomic E-state index is 12.9. The van der Waals surface area contributed by atoms with Gasteiger partial charge in [0, 0.05) is 20.1 Å². The summed E-state index contributed by atoms with van der Waals surface area (Å²) in [4.78, 5) is 16.8. The molecule has 0 saturated heterocycles. The fourth-order valence-electron chi connectivity index (χ4n) is 2.73. The SMILES string of the molecule is CCC(C#N)(CC)C(=O)N1CCN(C)c2ccccc21. The van der Waals surface area contributed by atoms with Crippen LogP contribution in [0.25, 0.3) is 0 Å². The number of carbonyl (C=O) groups is 1. The molecule has 0 saturated carbocycles. The summed E-state index contributed by atoms with van der Waals surface area (Å²) in [6, 6.07) is 10.1. The minimum absolute atomic E-state index is 0.0643. The summed E-state index contributed by atoms with van der Waals surface area (Å²) in [7, 11) is 2.03. The van der Waals surface area contributed by atoms with Gasteiger partial charge < -0.3 is 9.80 Å². The quantitative estimate of drug-likeness (QED) is 0.849. The number of hydrogen-bond acceptors (Lipinski definition) is 3. The van der Waals surface area contributed by atoms with Crippen LogP contribution in [-0.2, 0) is 4.79 Å². The monoisotopic (exact) mass is 271 g/mol. The number of nitriles is 1. The molecule has 1 amide bonds.